The molecule has 1 aliphatic heterocycles. The van der Waals surface area contributed by atoms with Gasteiger partial charge in [0.1, 0.15) is 17.1 Å². The summed E-state index contributed by atoms with van der Waals surface area (Å²) in [6, 6.07) is 7.74. The fraction of sp³-hybridized carbons (Fsp3) is 0.478. The molecule has 0 bridgehead atoms. The van der Waals surface area contributed by atoms with E-state index < -0.39 is 17.3 Å². The maximum Gasteiger partial charge on any atom is 0.273 e. The SMILES string of the molecule is CCN1C(=O)c2cc(C(=O)NCc3ccccc3F)nn2C[C@@]1(C)C(=O)NC1CCCC1. The van der Waals surface area contributed by atoms with Gasteiger partial charge in [-0.15, -0.1) is 0 Å². The zero-order valence-corrected chi connectivity index (χ0v) is 18.4. The van der Waals surface area contributed by atoms with Gasteiger partial charge in [0, 0.05) is 30.8 Å². The smallest absolute Gasteiger partial charge is 0.273 e. The predicted octanol–water partition coefficient (Wildman–Crippen LogP) is 2.25. The Morgan fingerprint density at radius 2 is 1.97 bits per heavy atom. The van der Waals surface area contributed by atoms with Crippen LogP contribution in [0.15, 0.2) is 30.3 Å². The summed E-state index contributed by atoms with van der Waals surface area (Å²) >= 11 is 0. The molecule has 1 fully saturated rings. The number of carbonyl (C=O) groups excluding carboxylic acids is 3. The summed E-state index contributed by atoms with van der Waals surface area (Å²) in [4.78, 5) is 40.5. The van der Waals surface area contributed by atoms with Crippen molar-refractivity contribution in [3.8, 4) is 0 Å². The van der Waals surface area contributed by atoms with Crippen LogP contribution in [-0.4, -0.2) is 50.5 Å². The Hall–Kier alpha value is -3.23. The lowest BCUT2D eigenvalue weighted by atomic mass is 9.94. The van der Waals surface area contributed by atoms with Crippen LogP contribution in [0.5, 0.6) is 0 Å². The summed E-state index contributed by atoms with van der Waals surface area (Å²) in [5, 5.41) is 10.0. The van der Waals surface area contributed by atoms with Gasteiger partial charge in [-0.05, 0) is 32.8 Å². The highest BCUT2D eigenvalue weighted by Crippen LogP contribution is 2.28. The van der Waals surface area contributed by atoms with E-state index >= 15 is 0 Å². The second kappa shape index (κ2) is 8.72. The van der Waals surface area contributed by atoms with Gasteiger partial charge in [0.2, 0.25) is 5.91 Å². The molecule has 2 heterocycles. The van der Waals surface area contributed by atoms with Gasteiger partial charge in [0.25, 0.3) is 11.8 Å². The van der Waals surface area contributed by atoms with Crippen molar-refractivity contribution in [1.29, 1.82) is 0 Å². The van der Waals surface area contributed by atoms with Crippen LogP contribution in [0.2, 0.25) is 0 Å². The first-order chi connectivity index (χ1) is 15.3. The first kappa shape index (κ1) is 22.0. The van der Waals surface area contributed by atoms with E-state index in [1.54, 1.807) is 25.1 Å². The molecule has 0 saturated heterocycles. The fourth-order valence-corrected chi connectivity index (χ4v) is 4.57. The molecule has 9 heteroatoms. The van der Waals surface area contributed by atoms with Gasteiger partial charge >= 0.3 is 0 Å². The van der Waals surface area contributed by atoms with Crippen molar-refractivity contribution in [1.82, 2.24) is 25.3 Å². The van der Waals surface area contributed by atoms with Crippen LogP contribution >= 0.6 is 0 Å². The molecule has 1 aromatic carbocycles. The number of amides is 3. The average molecular weight is 442 g/mol. The highest BCUT2D eigenvalue weighted by atomic mass is 19.1. The van der Waals surface area contributed by atoms with E-state index in [-0.39, 0.29) is 42.3 Å². The Kier molecular flexibility index (Phi) is 5.99. The molecule has 1 aliphatic carbocycles. The number of fused-ring (bicyclic) bond motifs is 1. The van der Waals surface area contributed by atoms with Gasteiger partial charge in [0.15, 0.2) is 5.69 Å². The van der Waals surface area contributed by atoms with Crippen LogP contribution in [0.4, 0.5) is 4.39 Å². The average Bonchev–Trinajstić information content (AvgIpc) is 3.43. The second-order valence-electron chi connectivity index (χ2n) is 8.62. The molecule has 170 valence electrons. The van der Waals surface area contributed by atoms with E-state index in [1.807, 2.05) is 6.92 Å². The zero-order valence-electron chi connectivity index (χ0n) is 18.4. The number of nitrogens with zero attached hydrogens (tertiary/aromatic N) is 3. The quantitative estimate of drug-likeness (QED) is 0.719. The molecule has 0 unspecified atom stereocenters. The van der Waals surface area contributed by atoms with Gasteiger partial charge in [-0.1, -0.05) is 31.0 Å². The van der Waals surface area contributed by atoms with Gasteiger partial charge in [-0.25, -0.2) is 4.39 Å². The van der Waals surface area contributed by atoms with Gasteiger partial charge in [-0.2, -0.15) is 5.10 Å². The third-order valence-corrected chi connectivity index (χ3v) is 6.42. The largest absolute Gasteiger partial charge is 0.351 e. The fourth-order valence-electron chi connectivity index (χ4n) is 4.57. The summed E-state index contributed by atoms with van der Waals surface area (Å²) in [5.74, 6) is -1.47. The lowest BCUT2D eigenvalue weighted by Crippen LogP contribution is -2.64. The number of halogens is 1. The van der Waals surface area contributed by atoms with E-state index in [1.165, 1.54) is 21.7 Å². The molecule has 3 amide bonds. The molecule has 8 nitrogen and oxygen atoms in total. The van der Waals surface area contributed by atoms with Crippen molar-refractivity contribution in [3.05, 3.63) is 53.1 Å². The highest BCUT2D eigenvalue weighted by molar-refractivity contribution is 6.01. The molecule has 4 rings (SSSR count). The minimum atomic E-state index is -1.10. The number of hydrogen-bond donors (Lipinski definition) is 2. The van der Waals surface area contributed by atoms with E-state index in [9.17, 15) is 18.8 Å². The maximum atomic E-state index is 13.8. The molecular weight excluding hydrogens is 413 g/mol. The molecule has 0 radical (unpaired) electrons. The third kappa shape index (κ3) is 3.99. The standard InChI is InChI=1S/C23H28FN5O3/c1-3-28-21(31)19-12-18(20(30)25-13-15-8-4-7-11-17(15)24)27-29(19)14-23(28,2)22(32)26-16-9-5-6-10-16/h4,7-8,11-12,16H,3,5-6,9-10,13-14H2,1-2H3,(H,25,30)(H,26,32)/t23-/m0/s1. The lowest BCUT2D eigenvalue weighted by molar-refractivity contribution is -0.133. The number of aromatic nitrogens is 2. The molecule has 0 spiro atoms. The summed E-state index contributed by atoms with van der Waals surface area (Å²) in [6.07, 6.45) is 4.07. The van der Waals surface area contributed by atoms with Crippen LogP contribution in [0.25, 0.3) is 0 Å². The Balaban J connectivity index is 1.53. The summed E-state index contributed by atoms with van der Waals surface area (Å²) < 4.78 is 15.2. The number of hydrogen-bond acceptors (Lipinski definition) is 4. The maximum absolute atomic E-state index is 13.8. The van der Waals surface area contributed by atoms with Crippen LogP contribution < -0.4 is 10.6 Å². The molecule has 1 saturated carbocycles. The van der Waals surface area contributed by atoms with Gasteiger partial charge in [-0.3, -0.25) is 19.1 Å². The van der Waals surface area contributed by atoms with E-state index in [4.69, 9.17) is 0 Å². The topological polar surface area (TPSA) is 96.3 Å². The first-order valence-corrected chi connectivity index (χ1v) is 11.1. The van der Waals surface area contributed by atoms with Crippen LogP contribution in [0, 0.1) is 5.82 Å². The van der Waals surface area contributed by atoms with Gasteiger partial charge < -0.3 is 15.5 Å². The van der Waals surface area contributed by atoms with Crippen LogP contribution in [0.3, 0.4) is 0 Å². The van der Waals surface area contributed by atoms with E-state index in [0.29, 0.717) is 12.1 Å². The molecule has 2 N–H and O–H groups in total. The van der Waals surface area contributed by atoms with Crippen LogP contribution in [0.1, 0.15) is 66.1 Å². The highest BCUT2D eigenvalue weighted by Gasteiger charge is 2.48. The van der Waals surface area contributed by atoms with E-state index in [2.05, 4.69) is 15.7 Å². The molecule has 2 aliphatic rings. The minimum Gasteiger partial charge on any atom is -0.351 e. The number of nitrogens with one attached hydrogen (secondary N) is 2. The third-order valence-electron chi connectivity index (χ3n) is 6.42. The normalized spacial score (nSPS) is 20.8. The number of rotatable bonds is 6. The van der Waals surface area contributed by atoms with Crippen molar-refractivity contribution < 1.29 is 18.8 Å². The summed E-state index contributed by atoms with van der Waals surface area (Å²) in [6.45, 7) is 4.08. The lowest BCUT2D eigenvalue weighted by Gasteiger charge is -2.43. The Morgan fingerprint density at radius 3 is 2.66 bits per heavy atom. The zero-order chi connectivity index (χ0) is 22.9. The Morgan fingerprint density at radius 1 is 1.25 bits per heavy atom. The van der Waals surface area contributed by atoms with Crippen molar-refractivity contribution in [2.75, 3.05) is 6.54 Å². The Labute approximate surface area is 186 Å². The summed E-state index contributed by atoms with van der Waals surface area (Å²) in [5.41, 5.74) is -0.432. The van der Waals surface area contributed by atoms with Crippen LogP contribution in [-0.2, 0) is 17.9 Å². The molecule has 1 atom stereocenters. The minimum absolute atomic E-state index is 0.00421. The molecule has 1 aromatic heterocycles. The molecular formula is C23H28FN5O3. The van der Waals surface area contributed by atoms with Crippen molar-refractivity contribution in [2.24, 2.45) is 0 Å². The predicted molar refractivity (Wildman–Crippen MR) is 115 cm³/mol. The molecule has 2 aromatic rings. The Bertz CT molecular complexity index is 1050. The monoisotopic (exact) mass is 441 g/mol. The van der Waals surface area contributed by atoms with Gasteiger partial charge in [0.05, 0.1) is 6.54 Å². The van der Waals surface area contributed by atoms with Crippen molar-refractivity contribution >= 4 is 17.7 Å². The first-order valence-electron chi connectivity index (χ1n) is 11.1. The number of benzene rings is 1. The van der Waals surface area contributed by atoms with Crippen molar-refractivity contribution in [3.63, 3.8) is 0 Å². The molecule has 32 heavy (non-hydrogen) atoms. The van der Waals surface area contributed by atoms with Crippen molar-refractivity contribution in [2.45, 2.75) is 64.2 Å². The number of carbonyl (C=O) groups is 3. The second-order valence-corrected chi connectivity index (χ2v) is 8.62. The van der Waals surface area contributed by atoms with E-state index in [0.717, 1.165) is 25.7 Å². The number of likely N-dealkylation sites (N-methyl/N-ethyl adjacent to an activating group) is 1. The summed E-state index contributed by atoms with van der Waals surface area (Å²) in [7, 11) is 0.